The van der Waals surface area contributed by atoms with Gasteiger partial charge in [-0.3, -0.25) is 0 Å². The van der Waals surface area contributed by atoms with E-state index in [0.29, 0.717) is 5.92 Å². The van der Waals surface area contributed by atoms with E-state index in [9.17, 15) is 0 Å². The van der Waals surface area contributed by atoms with Gasteiger partial charge in [0.15, 0.2) is 11.5 Å². The van der Waals surface area contributed by atoms with Crippen LogP contribution in [0.3, 0.4) is 0 Å². The third-order valence-electron chi connectivity index (χ3n) is 3.77. The first kappa shape index (κ1) is 14.5. The third-order valence-corrected chi connectivity index (χ3v) is 4.30. The molecule has 0 aliphatic carbocycles. The molecular formula is C15H22ClNO2. The highest BCUT2D eigenvalue weighted by Crippen LogP contribution is 2.40. The van der Waals surface area contributed by atoms with Gasteiger partial charge in [-0.1, -0.05) is 11.6 Å². The molecule has 3 nitrogen and oxygen atoms in total. The number of hydrogen-bond acceptors (Lipinski definition) is 3. The van der Waals surface area contributed by atoms with Crippen LogP contribution >= 0.6 is 11.6 Å². The van der Waals surface area contributed by atoms with E-state index < -0.39 is 0 Å². The molecule has 0 bridgehead atoms. The normalized spacial score (nSPS) is 19.3. The maximum atomic E-state index is 6.47. The fourth-order valence-electron chi connectivity index (χ4n) is 2.76. The van der Waals surface area contributed by atoms with Crippen LogP contribution in [0.1, 0.15) is 24.0 Å². The average molecular weight is 284 g/mol. The highest BCUT2D eigenvalue weighted by Gasteiger charge is 2.21. The minimum Gasteiger partial charge on any atom is -0.493 e. The van der Waals surface area contributed by atoms with Gasteiger partial charge in [0.2, 0.25) is 0 Å². The third kappa shape index (κ3) is 3.15. The van der Waals surface area contributed by atoms with Crippen molar-refractivity contribution in [1.82, 2.24) is 5.32 Å². The zero-order valence-corrected chi connectivity index (χ0v) is 12.6. The molecule has 1 atom stereocenters. The Morgan fingerprint density at radius 2 is 2.16 bits per heavy atom. The van der Waals surface area contributed by atoms with Crippen molar-refractivity contribution in [2.24, 2.45) is 5.92 Å². The second kappa shape index (κ2) is 6.49. The first-order chi connectivity index (χ1) is 9.17. The molecule has 0 radical (unpaired) electrons. The van der Waals surface area contributed by atoms with Crippen LogP contribution in [-0.2, 0) is 6.42 Å². The minimum atomic E-state index is 0.617. The molecule has 1 aromatic carbocycles. The van der Waals surface area contributed by atoms with E-state index in [0.717, 1.165) is 47.2 Å². The van der Waals surface area contributed by atoms with Gasteiger partial charge in [-0.25, -0.2) is 0 Å². The lowest BCUT2D eigenvalue weighted by molar-refractivity contribution is 0.340. The molecule has 0 saturated carbocycles. The van der Waals surface area contributed by atoms with Crippen LogP contribution < -0.4 is 14.8 Å². The van der Waals surface area contributed by atoms with Crippen LogP contribution in [-0.4, -0.2) is 27.3 Å². The molecule has 1 saturated heterocycles. The topological polar surface area (TPSA) is 30.5 Å². The molecule has 1 unspecified atom stereocenters. The number of piperidine rings is 1. The first-order valence-corrected chi connectivity index (χ1v) is 7.15. The van der Waals surface area contributed by atoms with E-state index >= 15 is 0 Å². The molecular weight excluding hydrogens is 262 g/mol. The molecule has 0 aromatic heterocycles. The lowest BCUT2D eigenvalue weighted by Gasteiger charge is -2.25. The van der Waals surface area contributed by atoms with E-state index in [1.807, 2.05) is 13.0 Å². The second-order valence-electron chi connectivity index (χ2n) is 5.14. The molecule has 1 aliphatic heterocycles. The van der Waals surface area contributed by atoms with E-state index in [4.69, 9.17) is 21.1 Å². The quantitative estimate of drug-likeness (QED) is 0.920. The van der Waals surface area contributed by atoms with Crippen molar-refractivity contribution in [1.29, 1.82) is 0 Å². The van der Waals surface area contributed by atoms with Crippen LogP contribution in [0.4, 0.5) is 0 Å². The van der Waals surface area contributed by atoms with Gasteiger partial charge >= 0.3 is 0 Å². The number of methoxy groups -OCH3 is 2. The maximum Gasteiger partial charge on any atom is 0.165 e. The number of aryl methyl sites for hydroxylation is 1. The number of nitrogens with one attached hydrogen (secondary N) is 1. The van der Waals surface area contributed by atoms with Crippen molar-refractivity contribution in [2.45, 2.75) is 26.2 Å². The molecule has 4 heteroatoms. The molecule has 0 spiro atoms. The van der Waals surface area contributed by atoms with Gasteiger partial charge in [0, 0.05) is 5.56 Å². The van der Waals surface area contributed by atoms with Crippen LogP contribution in [0, 0.1) is 12.8 Å². The molecule has 1 fully saturated rings. The molecule has 2 rings (SSSR count). The fraction of sp³-hybridized carbons (Fsp3) is 0.600. The summed E-state index contributed by atoms with van der Waals surface area (Å²) < 4.78 is 10.9. The Labute approximate surface area is 120 Å². The summed E-state index contributed by atoms with van der Waals surface area (Å²) in [6.45, 7) is 4.18. The van der Waals surface area contributed by atoms with Crippen LogP contribution in [0.5, 0.6) is 11.5 Å². The van der Waals surface area contributed by atoms with Gasteiger partial charge in [-0.15, -0.1) is 0 Å². The number of rotatable bonds is 4. The Morgan fingerprint density at radius 1 is 1.37 bits per heavy atom. The average Bonchev–Trinajstić information content (AvgIpc) is 2.44. The summed E-state index contributed by atoms with van der Waals surface area (Å²) in [6.07, 6.45) is 3.41. The summed E-state index contributed by atoms with van der Waals surface area (Å²) in [5, 5.41) is 4.25. The maximum absolute atomic E-state index is 6.47. The summed E-state index contributed by atoms with van der Waals surface area (Å²) in [6, 6.07) is 1.93. The van der Waals surface area contributed by atoms with Crippen molar-refractivity contribution < 1.29 is 9.47 Å². The molecule has 1 aliphatic rings. The van der Waals surface area contributed by atoms with Crippen molar-refractivity contribution in [3.8, 4) is 11.5 Å². The van der Waals surface area contributed by atoms with Crippen molar-refractivity contribution in [3.05, 3.63) is 22.2 Å². The van der Waals surface area contributed by atoms with Crippen LogP contribution in [0.15, 0.2) is 6.07 Å². The fourth-order valence-corrected chi connectivity index (χ4v) is 2.97. The predicted molar refractivity (Wildman–Crippen MR) is 78.6 cm³/mol. The molecule has 0 amide bonds. The Hall–Kier alpha value is -0.930. The smallest absolute Gasteiger partial charge is 0.165 e. The number of hydrogen-bond donors (Lipinski definition) is 1. The van der Waals surface area contributed by atoms with E-state index in [-0.39, 0.29) is 0 Å². The van der Waals surface area contributed by atoms with E-state index in [2.05, 4.69) is 5.32 Å². The first-order valence-electron chi connectivity index (χ1n) is 6.78. The summed E-state index contributed by atoms with van der Waals surface area (Å²) in [7, 11) is 3.34. The molecule has 106 valence electrons. The van der Waals surface area contributed by atoms with E-state index in [1.54, 1.807) is 14.2 Å². The van der Waals surface area contributed by atoms with Crippen molar-refractivity contribution in [2.75, 3.05) is 27.3 Å². The summed E-state index contributed by atoms with van der Waals surface area (Å²) in [4.78, 5) is 0. The van der Waals surface area contributed by atoms with Gasteiger partial charge in [0.1, 0.15) is 0 Å². The Bertz CT molecular complexity index is 442. The zero-order valence-electron chi connectivity index (χ0n) is 11.9. The highest BCUT2D eigenvalue weighted by atomic mass is 35.5. The molecule has 1 N–H and O–H groups in total. The second-order valence-corrected chi connectivity index (χ2v) is 5.52. The molecule has 1 heterocycles. The van der Waals surface area contributed by atoms with Crippen molar-refractivity contribution in [3.63, 3.8) is 0 Å². The van der Waals surface area contributed by atoms with Gasteiger partial charge < -0.3 is 14.8 Å². The number of ether oxygens (including phenoxy) is 2. The summed E-state index contributed by atoms with van der Waals surface area (Å²) in [5.74, 6) is 2.17. The Kier molecular flexibility index (Phi) is 4.94. The summed E-state index contributed by atoms with van der Waals surface area (Å²) >= 11 is 6.47. The van der Waals surface area contributed by atoms with E-state index in [1.165, 1.54) is 12.8 Å². The van der Waals surface area contributed by atoms with Crippen molar-refractivity contribution >= 4 is 11.6 Å². The lowest BCUT2D eigenvalue weighted by Crippen LogP contribution is -2.31. The van der Waals surface area contributed by atoms with Crippen LogP contribution in [0.2, 0.25) is 5.02 Å². The van der Waals surface area contributed by atoms with Gasteiger partial charge in [-0.05, 0) is 56.8 Å². The van der Waals surface area contributed by atoms with Gasteiger partial charge in [-0.2, -0.15) is 0 Å². The SMILES string of the molecule is COc1cc(C)c(Cl)c(CC2CCCNC2)c1OC. The minimum absolute atomic E-state index is 0.617. The Morgan fingerprint density at radius 3 is 2.74 bits per heavy atom. The zero-order chi connectivity index (χ0) is 13.8. The largest absolute Gasteiger partial charge is 0.493 e. The highest BCUT2D eigenvalue weighted by molar-refractivity contribution is 6.32. The standard InChI is InChI=1S/C15H22ClNO2/c1-10-7-13(18-2)15(19-3)12(14(10)16)8-11-5-4-6-17-9-11/h7,11,17H,4-6,8-9H2,1-3H3. The molecule has 1 aromatic rings. The predicted octanol–water partition coefficient (Wildman–Crippen LogP) is 3.21. The number of benzene rings is 1. The van der Waals surface area contributed by atoms with Crippen LogP contribution in [0.25, 0.3) is 0 Å². The van der Waals surface area contributed by atoms with Gasteiger partial charge in [0.25, 0.3) is 0 Å². The molecule has 19 heavy (non-hydrogen) atoms. The monoisotopic (exact) mass is 283 g/mol. The number of halogens is 1. The lowest BCUT2D eigenvalue weighted by atomic mass is 9.91. The summed E-state index contributed by atoms with van der Waals surface area (Å²) in [5.41, 5.74) is 2.12. The van der Waals surface area contributed by atoms with Gasteiger partial charge in [0.05, 0.1) is 19.2 Å². The Balaban J connectivity index is 2.33.